The van der Waals surface area contributed by atoms with Gasteiger partial charge in [-0.25, -0.2) is 17.6 Å². The summed E-state index contributed by atoms with van der Waals surface area (Å²) in [7, 11) is -3.98. The van der Waals surface area contributed by atoms with Crippen molar-refractivity contribution in [1.29, 1.82) is 0 Å². The Morgan fingerprint density at radius 1 is 1.21 bits per heavy atom. The summed E-state index contributed by atoms with van der Waals surface area (Å²) >= 11 is 0. The van der Waals surface area contributed by atoms with E-state index in [0.717, 1.165) is 0 Å². The number of anilines is 1. The Balaban J connectivity index is 2.26. The Morgan fingerprint density at radius 2 is 1.92 bits per heavy atom. The van der Waals surface area contributed by atoms with E-state index in [0.29, 0.717) is 11.1 Å². The van der Waals surface area contributed by atoms with Crippen molar-refractivity contribution in [2.24, 2.45) is 0 Å². The Kier molecular flexibility index (Phi) is 5.08. The number of carboxylic acid groups (broad SMARTS) is 1. The van der Waals surface area contributed by atoms with Gasteiger partial charge in [0.15, 0.2) is 6.61 Å². The maximum atomic E-state index is 13.8. The van der Waals surface area contributed by atoms with Crippen molar-refractivity contribution < 1.29 is 27.4 Å². The van der Waals surface area contributed by atoms with Crippen LogP contribution in [-0.2, 0) is 14.8 Å². The van der Waals surface area contributed by atoms with Crippen LogP contribution in [0.2, 0.25) is 0 Å². The first kappa shape index (κ1) is 17.7. The molecule has 0 aliphatic heterocycles. The minimum absolute atomic E-state index is 0.0809. The van der Waals surface area contributed by atoms with Gasteiger partial charge < -0.3 is 9.84 Å². The van der Waals surface area contributed by atoms with Crippen molar-refractivity contribution in [3.63, 3.8) is 0 Å². The molecule has 0 fully saturated rings. The summed E-state index contributed by atoms with van der Waals surface area (Å²) in [5.41, 5.74) is 0.971. The molecule has 0 aliphatic carbocycles. The van der Waals surface area contributed by atoms with E-state index < -0.39 is 28.4 Å². The van der Waals surface area contributed by atoms with Crippen LogP contribution in [0.5, 0.6) is 5.75 Å². The number of hydrogen-bond donors (Lipinski definition) is 2. The van der Waals surface area contributed by atoms with Crippen LogP contribution in [0.1, 0.15) is 11.1 Å². The fraction of sp³-hybridized carbons (Fsp3) is 0.188. The lowest BCUT2D eigenvalue weighted by molar-refractivity contribution is -0.139. The highest BCUT2D eigenvalue weighted by Crippen LogP contribution is 2.24. The van der Waals surface area contributed by atoms with Gasteiger partial charge >= 0.3 is 5.97 Å². The molecular weight excluding hydrogens is 337 g/mol. The van der Waals surface area contributed by atoms with E-state index in [-0.39, 0.29) is 16.3 Å². The lowest BCUT2D eigenvalue weighted by Crippen LogP contribution is -2.15. The van der Waals surface area contributed by atoms with Crippen LogP contribution >= 0.6 is 0 Å². The summed E-state index contributed by atoms with van der Waals surface area (Å²) in [5.74, 6) is -1.54. The average molecular weight is 353 g/mol. The molecule has 0 aromatic heterocycles. The third-order valence-electron chi connectivity index (χ3n) is 3.18. The van der Waals surface area contributed by atoms with E-state index in [1.165, 1.54) is 30.3 Å². The molecule has 2 N–H and O–H groups in total. The Bertz CT molecular complexity index is 880. The fourth-order valence-corrected chi connectivity index (χ4v) is 3.15. The van der Waals surface area contributed by atoms with Crippen molar-refractivity contribution in [2.75, 3.05) is 11.3 Å². The first-order chi connectivity index (χ1) is 11.2. The van der Waals surface area contributed by atoms with Crippen molar-refractivity contribution in [3.8, 4) is 5.75 Å². The topological polar surface area (TPSA) is 92.7 Å². The van der Waals surface area contributed by atoms with E-state index in [4.69, 9.17) is 9.84 Å². The molecule has 128 valence electrons. The van der Waals surface area contributed by atoms with E-state index >= 15 is 0 Å². The molecule has 0 atom stereocenters. The average Bonchev–Trinajstić information content (AvgIpc) is 2.48. The largest absolute Gasteiger partial charge is 0.482 e. The SMILES string of the molecule is Cc1ccc(NS(=O)(=O)c2ccc(OCC(=O)O)c(C)c2)c(F)c1. The molecule has 0 bridgehead atoms. The van der Waals surface area contributed by atoms with Crippen LogP contribution in [-0.4, -0.2) is 26.1 Å². The van der Waals surface area contributed by atoms with Crippen LogP contribution in [0.25, 0.3) is 0 Å². The predicted molar refractivity (Wildman–Crippen MR) is 86.3 cm³/mol. The van der Waals surface area contributed by atoms with Crippen molar-refractivity contribution in [2.45, 2.75) is 18.7 Å². The van der Waals surface area contributed by atoms with Crippen molar-refractivity contribution in [1.82, 2.24) is 0 Å². The van der Waals surface area contributed by atoms with Crippen LogP contribution < -0.4 is 9.46 Å². The van der Waals surface area contributed by atoms with Gasteiger partial charge in [-0.2, -0.15) is 0 Å². The van der Waals surface area contributed by atoms with Crippen LogP contribution in [0.15, 0.2) is 41.3 Å². The van der Waals surface area contributed by atoms with Crippen LogP contribution in [0.4, 0.5) is 10.1 Å². The number of halogens is 1. The zero-order chi connectivity index (χ0) is 17.9. The van der Waals surface area contributed by atoms with Gasteiger partial charge in [-0.1, -0.05) is 6.07 Å². The molecule has 8 heteroatoms. The molecule has 0 unspecified atom stereocenters. The number of rotatable bonds is 6. The van der Waals surface area contributed by atoms with E-state index in [1.54, 1.807) is 19.9 Å². The summed E-state index contributed by atoms with van der Waals surface area (Å²) in [5, 5.41) is 8.59. The molecule has 0 saturated carbocycles. The van der Waals surface area contributed by atoms with E-state index in [1.807, 2.05) is 0 Å². The maximum absolute atomic E-state index is 13.8. The highest BCUT2D eigenvalue weighted by Gasteiger charge is 2.18. The molecule has 2 rings (SSSR count). The summed E-state index contributed by atoms with van der Waals surface area (Å²) in [6, 6.07) is 8.11. The van der Waals surface area contributed by atoms with Crippen LogP contribution in [0, 0.1) is 19.7 Å². The van der Waals surface area contributed by atoms with Gasteiger partial charge in [0, 0.05) is 0 Å². The summed E-state index contributed by atoms with van der Waals surface area (Å²) in [6.45, 7) is 2.75. The van der Waals surface area contributed by atoms with Crippen LogP contribution in [0.3, 0.4) is 0 Å². The van der Waals surface area contributed by atoms with Gasteiger partial charge in [-0.05, 0) is 55.3 Å². The van der Waals surface area contributed by atoms with Gasteiger partial charge in [0.2, 0.25) is 0 Å². The lowest BCUT2D eigenvalue weighted by atomic mass is 10.2. The van der Waals surface area contributed by atoms with Gasteiger partial charge in [-0.15, -0.1) is 0 Å². The zero-order valence-electron chi connectivity index (χ0n) is 13.0. The first-order valence-corrected chi connectivity index (χ1v) is 8.41. The summed E-state index contributed by atoms with van der Waals surface area (Å²) < 4.78 is 45.8. The van der Waals surface area contributed by atoms with E-state index in [2.05, 4.69) is 4.72 Å². The molecule has 0 amide bonds. The Hall–Kier alpha value is -2.61. The van der Waals surface area contributed by atoms with Gasteiger partial charge in [0.1, 0.15) is 11.6 Å². The highest BCUT2D eigenvalue weighted by atomic mass is 32.2. The predicted octanol–water partition coefficient (Wildman–Crippen LogP) is 2.71. The van der Waals surface area contributed by atoms with Gasteiger partial charge in [0.25, 0.3) is 10.0 Å². The molecule has 0 spiro atoms. The number of carboxylic acids is 1. The minimum Gasteiger partial charge on any atom is -0.482 e. The third-order valence-corrected chi connectivity index (χ3v) is 4.54. The minimum atomic E-state index is -3.98. The molecule has 0 aliphatic rings. The highest BCUT2D eigenvalue weighted by molar-refractivity contribution is 7.92. The molecule has 2 aromatic rings. The second-order valence-corrected chi connectivity index (χ2v) is 6.88. The van der Waals surface area contributed by atoms with Gasteiger partial charge in [0.05, 0.1) is 10.6 Å². The Labute approximate surface area is 138 Å². The molecule has 6 nitrogen and oxygen atoms in total. The number of nitrogens with one attached hydrogen (secondary N) is 1. The number of hydrogen-bond acceptors (Lipinski definition) is 4. The molecule has 0 saturated heterocycles. The third kappa shape index (κ3) is 4.23. The van der Waals surface area contributed by atoms with Crippen molar-refractivity contribution >= 4 is 21.7 Å². The monoisotopic (exact) mass is 353 g/mol. The number of sulfonamides is 1. The molecular formula is C16H16FNO5S. The fourth-order valence-electron chi connectivity index (χ4n) is 2.00. The Morgan fingerprint density at radius 3 is 2.50 bits per heavy atom. The molecule has 24 heavy (non-hydrogen) atoms. The maximum Gasteiger partial charge on any atom is 0.341 e. The molecule has 0 radical (unpaired) electrons. The number of aryl methyl sites for hydroxylation is 2. The number of ether oxygens (including phenoxy) is 1. The summed E-state index contributed by atoms with van der Waals surface area (Å²) in [6.07, 6.45) is 0. The van der Waals surface area contributed by atoms with Crippen molar-refractivity contribution in [3.05, 3.63) is 53.3 Å². The second kappa shape index (κ2) is 6.88. The standard InChI is InChI=1S/C16H16FNO5S/c1-10-3-5-14(13(17)7-10)18-24(21,22)12-4-6-15(11(2)8-12)23-9-16(19)20/h3-8,18H,9H2,1-2H3,(H,19,20). The van der Waals surface area contributed by atoms with Gasteiger partial charge in [-0.3, -0.25) is 4.72 Å². The number of carbonyl (C=O) groups is 1. The normalized spacial score (nSPS) is 11.1. The summed E-state index contributed by atoms with van der Waals surface area (Å²) in [4.78, 5) is 10.4. The lowest BCUT2D eigenvalue weighted by Gasteiger charge is -2.12. The first-order valence-electron chi connectivity index (χ1n) is 6.93. The smallest absolute Gasteiger partial charge is 0.341 e. The quantitative estimate of drug-likeness (QED) is 0.833. The van der Waals surface area contributed by atoms with E-state index in [9.17, 15) is 17.6 Å². The second-order valence-electron chi connectivity index (χ2n) is 5.20. The number of benzene rings is 2. The molecule has 0 heterocycles. The molecule has 2 aromatic carbocycles. The zero-order valence-corrected chi connectivity index (χ0v) is 13.9. The number of aliphatic carboxylic acids is 1.